The number of fused-ring (bicyclic) bond motifs is 2. The van der Waals surface area contributed by atoms with Crippen molar-refractivity contribution in [2.75, 3.05) is 0 Å². The summed E-state index contributed by atoms with van der Waals surface area (Å²) in [6.45, 7) is 4.21. The molecule has 0 aliphatic carbocycles. The first-order chi connectivity index (χ1) is 15.7. The number of nitrogens with zero attached hydrogens (tertiary/aromatic N) is 4. The van der Waals surface area contributed by atoms with Crippen molar-refractivity contribution < 1.29 is 0 Å². The Morgan fingerprint density at radius 1 is 0.500 bits per heavy atom. The van der Waals surface area contributed by atoms with Gasteiger partial charge in [0.05, 0.1) is 22.8 Å². The van der Waals surface area contributed by atoms with Crippen LogP contribution in [0.3, 0.4) is 0 Å². The van der Waals surface area contributed by atoms with E-state index in [0.717, 1.165) is 45.2 Å². The fraction of sp³-hybridized carbons (Fsp3) is 0.0714. The molecule has 0 radical (unpaired) electrons. The van der Waals surface area contributed by atoms with Crippen LogP contribution in [0, 0.1) is 13.8 Å². The van der Waals surface area contributed by atoms with Gasteiger partial charge in [-0.05, 0) is 38.1 Å². The van der Waals surface area contributed by atoms with Crippen molar-refractivity contribution in [3.63, 3.8) is 0 Å². The van der Waals surface area contributed by atoms with Crippen molar-refractivity contribution >= 4 is 11.3 Å². The first-order valence-corrected chi connectivity index (χ1v) is 10.8. The summed E-state index contributed by atoms with van der Waals surface area (Å²) in [6.07, 6.45) is 4.16. The predicted molar refractivity (Wildman–Crippen MR) is 130 cm³/mol. The molecular weight excluding hydrogens is 392 g/mol. The molecule has 4 nitrogen and oxygen atoms in total. The van der Waals surface area contributed by atoms with E-state index in [4.69, 9.17) is 9.97 Å². The maximum absolute atomic E-state index is 5.05. The number of hydrogen-bond donors (Lipinski definition) is 0. The monoisotopic (exact) mass is 414 g/mol. The lowest BCUT2D eigenvalue weighted by atomic mass is 10.0. The first-order valence-electron chi connectivity index (χ1n) is 10.8. The Balaban J connectivity index is 1.74. The largest absolute Gasteiger partial charge is 0.298 e. The van der Waals surface area contributed by atoms with Gasteiger partial charge in [-0.15, -0.1) is 0 Å². The van der Waals surface area contributed by atoms with E-state index in [1.165, 1.54) is 11.1 Å². The molecule has 0 N–H and O–H groups in total. The minimum atomic E-state index is 0.916. The van der Waals surface area contributed by atoms with E-state index in [9.17, 15) is 0 Å². The molecule has 0 fully saturated rings. The van der Waals surface area contributed by atoms with Gasteiger partial charge in [-0.3, -0.25) is 8.80 Å². The molecule has 0 atom stereocenters. The average Bonchev–Trinajstić information content (AvgIpc) is 3.38. The van der Waals surface area contributed by atoms with E-state index in [1.807, 2.05) is 24.3 Å². The number of benzene rings is 2. The lowest BCUT2D eigenvalue weighted by molar-refractivity contribution is 1.13. The molecule has 0 unspecified atom stereocenters. The summed E-state index contributed by atoms with van der Waals surface area (Å²) >= 11 is 0. The van der Waals surface area contributed by atoms with Gasteiger partial charge in [0, 0.05) is 23.5 Å². The quantitative estimate of drug-likeness (QED) is 0.327. The summed E-state index contributed by atoms with van der Waals surface area (Å²) < 4.78 is 4.34. The number of aromatic nitrogens is 4. The Morgan fingerprint density at radius 3 is 1.31 bits per heavy atom. The van der Waals surface area contributed by atoms with Gasteiger partial charge in [0.15, 0.2) is 0 Å². The lowest BCUT2D eigenvalue weighted by Gasteiger charge is -2.09. The normalized spacial score (nSPS) is 11.4. The number of rotatable bonds is 3. The molecule has 4 heteroatoms. The Morgan fingerprint density at radius 2 is 0.906 bits per heavy atom. The highest BCUT2D eigenvalue weighted by Gasteiger charge is 2.23. The topological polar surface area (TPSA) is 34.6 Å². The molecule has 4 heterocycles. The zero-order valence-electron chi connectivity index (χ0n) is 18.0. The standard InChI is InChI=1S/C28H22N4/c1-19-9-13-21(14-10-19)25-27(31-17-5-3-7-23(31)29-25)28-26(22-15-11-20(2)12-16-22)30-24-8-4-6-18-32(24)28/h3-18H,1-2H3. The third-order valence-electron chi connectivity index (χ3n) is 5.93. The fourth-order valence-corrected chi connectivity index (χ4v) is 4.27. The van der Waals surface area contributed by atoms with Crippen LogP contribution in [0.5, 0.6) is 0 Å². The minimum Gasteiger partial charge on any atom is -0.298 e. The maximum atomic E-state index is 5.05. The van der Waals surface area contributed by atoms with E-state index in [1.54, 1.807) is 0 Å². The third-order valence-corrected chi connectivity index (χ3v) is 5.93. The SMILES string of the molecule is Cc1ccc(-c2nc3ccccn3c2-c2c(-c3ccc(C)cc3)nc3ccccn23)cc1. The molecular formula is C28H22N4. The number of pyridine rings is 2. The van der Waals surface area contributed by atoms with Gasteiger partial charge < -0.3 is 0 Å². The smallest absolute Gasteiger partial charge is 0.137 e. The molecule has 0 amide bonds. The summed E-state index contributed by atoms with van der Waals surface area (Å²) in [7, 11) is 0. The maximum Gasteiger partial charge on any atom is 0.137 e. The van der Waals surface area contributed by atoms with E-state index >= 15 is 0 Å². The van der Waals surface area contributed by atoms with Gasteiger partial charge in [-0.2, -0.15) is 0 Å². The molecule has 0 saturated carbocycles. The van der Waals surface area contributed by atoms with Gasteiger partial charge in [0.2, 0.25) is 0 Å². The lowest BCUT2D eigenvalue weighted by Crippen LogP contribution is -1.95. The summed E-state index contributed by atoms with van der Waals surface area (Å²) in [5, 5.41) is 0. The zero-order valence-corrected chi connectivity index (χ0v) is 18.0. The van der Waals surface area contributed by atoms with Crippen LogP contribution in [0.1, 0.15) is 11.1 Å². The van der Waals surface area contributed by atoms with Gasteiger partial charge in [0.25, 0.3) is 0 Å². The number of imidazole rings is 2. The molecule has 154 valence electrons. The van der Waals surface area contributed by atoms with E-state index < -0.39 is 0 Å². The Hall–Kier alpha value is -4.18. The Bertz CT molecular complexity index is 1450. The fourth-order valence-electron chi connectivity index (χ4n) is 4.27. The molecule has 6 rings (SSSR count). The zero-order chi connectivity index (χ0) is 21.7. The second-order valence-corrected chi connectivity index (χ2v) is 8.21. The molecule has 0 bridgehead atoms. The van der Waals surface area contributed by atoms with Gasteiger partial charge >= 0.3 is 0 Å². The molecule has 6 aromatic rings. The van der Waals surface area contributed by atoms with Crippen LogP contribution in [-0.4, -0.2) is 18.8 Å². The second-order valence-electron chi connectivity index (χ2n) is 8.21. The highest BCUT2D eigenvalue weighted by Crippen LogP contribution is 2.39. The summed E-state index contributed by atoms with van der Waals surface area (Å²) in [6, 6.07) is 29.4. The van der Waals surface area contributed by atoms with Crippen molar-refractivity contribution in [2.24, 2.45) is 0 Å². The molecule has 32 heavy (non-hydrogen) atoms. The van der Waals surface area contributed by atoms with Crippen molar-refractivity contribution in [1.29, 1.82) is 0 Å². The van der Waals surface area contributed by atoms with E-state index in [0.29, 0.717) is 0 Å². The third kappa shape index (κ3) is 2.92. The average molecular weight is 415 g/mol. The van der Waals surface area contributed by atoms with Crippen LogP contribution >= 0.6 is 0 Å². The summed E-state index contributed by atoms with van der Waals surface area (Å²) in [5.41, 5.74) is 10.5. The van der Waals surface area contributed by atoms with Crippen molar-refractivity contribution in [3.8, 4) is 33.9 Å². The van der Waals surface area contributed by atoms with Crippen LogP contribution in [0.2, 0.25) is 0 Å². The number of aryl methyl sites for hydroxylation is 2. The van der Waals surface area contributed by atoms with Gasteiger partial charge in [0.1, 0.15) is 11.3 Å². The number of hydrogen-bond acceptors (Lipinski definition) is 2. The molecule has 0 aliphatic heterocycles. The van der Waals surface area contributed by atoms with Crippen LogP contribution in [0.25, 0.3) is 45.2 Å². The Labute approximate surface area is 186 Å². The van der Waals surface area contributed by atoms with Crippen LogP contribution in [-0.2, 0) is 0 Å². The van der Waals surface area contributed by atoms with Crippen molar-refractivity contribution in [1.82, 2.24) is 18.8 Å². The van der Waals surface area contributed by atoms with Crippen molar-refractivity contribution in [2.45, 2.75) is 13.8 Å². The van der Waals surface area contributed by atoms with E-state index in [-0.39, 0.29) is 0 Å². The molecule has 0 spiro atoms. The van der Waals surface area contributed by atoms with Crippen LogP contribution in [0.4, 0.5) is 0 Å². The summed E-state index contributed by atoms with van der Waals surface area (Å²) in [5.74, 6) is 0. The highest BCUT2D eigenvalue weighted by atomic mass is 15.1. The van der Waals surface area contributed by atoms with Crippen LogP contribution < -0.4 is 0 Å². The Kier molecular flexibility index (Phi) is 4.18. The second kappa shape index (κ2) is 7.20. The molecule has 0 aliphatic rings. The molecule has 2 aromatic carbocycles. The van der Waals surface area contributed by atoms with Crippen LogP contribution in [0.15, 0.2) is 97.3 Å². The molecule has 4 aromatic heterocycles. The van der Waals surface area contributed by atoms with Gasteiger partial charge in [-0.1, -0.05) is 71.8 Å². The van der Waals surface area contributed by atoms with Crippen molar-refractivity contribution in [3.05, 3.63) is 108 Å². The summed E-state index contributed by atoms with van der Waals surface area (Å²) in [4.78, 5) is 10.1. The first kappa shape index (κ1) is 18.6. The highest BCUT2D eigenvalue weighted by molar-refractivity contribution is 5.89. The van der Waals surface area contributed by atoms with E-state index in [2.05, 4.69) is 95.7 Å². The molecule has 0 saturated heterocycles. The van der Waals surface area contributed by atoms with Gasteiger partial charge in [-0.25, -0.2) is 9.97 Å². The predicted octanol–water partition coefficient (Wildman–Crippen LogP) is 6.60. The minimum absolute atomic E-state index is 0.916.